The smallest absolute Gasteiger partial charge is 0.245 e. The van der Waals surface area contributed by atoms with Gasteiger partial charge < -0.3 is 20.9 Å². The van der Waals surface area contributed by atoms with Gasteiger partial charge in [-0.2, -0.15) is 5.10 Å². The van der Waals surface area contributed by atoms with Crippen molar-refractivity contribution < 1.29 is 9.59 Å². The molecule has 1 aliphatic carbocycles. The van der Waals surface area contributed by atoms with Gasteiger partial charge in [0.05, 0.1) is 6.54 Å². The van der Waals surface area contributed by atoms with Gasteiger partial charge in [-0.1, -0.05) is 43.0 Å². The second-order valence-electron chi connectivity index (χ2n) is 9.79. The quantitative estimate of drug-likeness (QED) is 0.586. The van der Waals surface area contributed by atoms with Crippen LogP contribution in [0, 0.1) is 5.92 Å². The number of amides is 2. The first-order valence-corrected chi connectivity index (χ1v) is 13.0. The minimum atomic E-state index is -0.624. The predicted molar refractivity (Wildman–Crippen MR) is 134 cm³/mol. The summed E-state index contributed by atoms with van der Waals surface area (Å²) in [6.45, 7) is 3.07. The molecule has 3 aliphatic rings. The molecule has 34 heavy (non-hydrogen) atoms. The summed E-state index contributed by atoms with van der Waals surface area (Å²) in [4.78, 5) is 29.6. The second-order valence-corrected chi connectivity index (χ2v) is 10.2. The topological polar surface area (TPSA) is 94.3 Å². The first-order chi connectivity index (χ1) is 16.5. The maximum absolute atomic E-state index is 13.3. The molecule has 2 heterocycles. The molecule has 0 bridgehead atoms. The molecular formula is C25H37ClN6O2. The zero-order valence-electron chi connectivity index (χ0n) is 19.9. The third-order valence-electron chi connectivity index (χ3n) is 7.30. The zero-order chi connectivity index (χ0) is 23.9. The number of nitrogens with one attached hydrogen (secondary N) is 1. The minimum Gasteiger partial charge on any atom is -0.343 e. The van der Waals surface area contributed by atoms with Crippen molar-refractivity contribution >= 4 is 29.8 Å². The Morgan fingerprint density at radius 2 is 1.79 bits per heavy atom. The standard InChI is InChI=1S/C25H37ClN6O2/c26-21-8-6-19(7-9-21)14-23(29-24(33)15-27)25(34)30-12-10-20(11-13-30)16-32-18-31(17-28-32)22-4-2-1-3-5-22/h6-9,17,20,22-23H,1-5,10-16,18,27H2,(H,29,33). The summed E-state index contributed by atoms with van der Waals surface area (Å²) in [6.07, 6.45) is 10.9. The largest absolute Gasteiger partial charge is 0.343 e. The molecule has 1 aromatic rings. The fourth-order valence-corrected chi connectivity index (χ4v) is 5.42. The van der Waals surface area contributed by atoms with Gasteiger partial charge in [-0.3, -0.25) is 14.6 Å². The van der Waals surface area contributed by atoms with Crippen molar-refractivity contribution in [2.24, 2.45) is 16.8 Å². The van der Waals surface area contributed by atoms with Crippen LogP contribution in [-0.2, 0) is 16.0 Å². The third-order valence-corrected chi connectivity index (χ3v) is 7.55. The van der Waals surface area contributed by atoms with Crippen LogP contribution in [-0.4, -0.2) is 77.9 Å². The Labute approximate surface area is 207 Å². The van der Waals surface area contributed by atoms with Crippen LogP contribution in [0.15, 0.2) is 29.4 Å². The highest BCUT2D eigenvalue weighted by Crippen LogP contribution is 2.25. The van der Waals surface area contributed by atoms with Gasteiger partial charge >= 0.3 is 0 Å². The SMILES string of the molecule is NCC(=O)NC(Cc1ccc(Cl)cc1)C(=O)N1CCC(CN2CN(C3CCCCC3)C=N2)CC1. The number of rotatable bonds is 8. The molecule has 1 aromatic carbocycles. The van der Waals surface area contributed by atoms with Crippen LogP contribution in [0.5, 0.6) is 0 Å². The molecule has 1 saturated carbocycles. The highest BCUT2D eigenvalue weighted by Gasteiger charge is 2.31. The average Bonchev–Trinajstić information content (AvgIpc) is 3.34. The number of nitrogens with two attached hydrogens (primary N) is 1. The van der Waals surface area contributed by atoms with Gasteiger partial charge in [0.15, 0.2) is 0 Å². The molecule has 1 atom stereocenters. The Morgan fingerprint density at radius 3 is 2.47 bits per heavy atom. The predicted octanol–water partition coefficient (Wildman–Crippen LogP) is 2.42. The Hall–Kier alpha value is -2.32. The number of carbonyl (C=O) groups is 2. The number of likely N-dealkylation sites (tertiary alicyclic amines) is 1. The van der Waals surface area contributed by atoms with E-state index in [1.807, 2.05) is 23.4 Å². The van der Waals surface area contributed by atoms with Crippen LogP contribution >= 0.6 is 11.6 Å². The monoisotopic (exact) mass is 488 g/mol. The molecule has 9 heteroatoms. The Morgan fingerprint density at radius 1 is 1.09 bits per heavy atom. The molecule has 2 aliphatic heterocycles. The number of hydrogen-bond acceptors (Lipinski definition) is 6. The van der Waals surface area contributed by atoms with Gasteiger partial charge in [0, 0.05) is 37.1 Å². The van der Waals surface area contributed by atoms with Crippen LogP contribution < -0.4 is 11.1 Å². The summed E-state index contributed by atoms with van der Waals surface area (Å²) in [5, 5.41) is 10.3. The van der Waals surface area contributed by atoms with Gasteiger partial charge in [0.25, 0.3) is 0 Å². The second kappa shape index (κ2) is 11.9. The molecule has 3 N–H and O–H groups in total. The Bertz CT molecular complexity index is 849. The minimum absolute atomic E-state index is 0.0436. The van der Waals surface area contributed by atoms with E-state index in [2.05, 4.69) is 20.3 Å². The molecule has 1 saturated heterocycles. The van der Waals surface area contributed by atoms with Gasteiger partial charge in [0.2, 0.25) is 11.8 Å². The van der Waals surface area contributed by atoms with Crippen molar-refractivity contribution in [3.05, 3.63) is 34.9 Å². The van der Waals surface area contributed by atoms with Crippen molar-refractivity contribution in [3.8, 4) is 0 Å². The number of piperidine rings is 1. The molecule has 0 spiro atoms. The maximum atomic E-state index is 13.3. The van der Waals surface area contributed by atoms with Crippen LogP contribution in [0.2, 0.25) is 5.02 Å². The van der Waals surface area contributed by atoms with Crippen LogP contribution in [0.4, 0.5) is 0 Å². The highest BCUT2D eigenvalue weighted by molar-refractivity contribution is 6.30. The fourth-order valence-electron chi connectivity index (χ4n) is 5.29. The van der Waals surface area contributed by atoms with E-state index in [1.165, 1.54) is 32.1 Å². The van der Waals surface area contributed by atoms with Crippen molar-refractivity contribution in [1.29, 1.82) is 0 Å². The van der Waals surface area contributed by atoms with Crippen molar-refractivity contribution in [2.45, 2.75) is 63.5 Å². The molecule has 0 aromatic heterocycles. The summed E-state index contributed by atoms with van der Waals surface area (Å²) in [6, 6.07) is 7.38. The number of nitrogens with zero attached hydrogens (tertiary/aromatic N) is 4. The maximum Gasteiger partial charge on any atom is 0.245 e. The number of benzene rings is 1. The Balaban J connectivity index is 1.26. The van der Waals surface area contributed by atoms with E-state index in [0.29, 0.717) is 36.5 Å². The van der Waals surface area contributed by atoms with Gasteiger partial charge in [-0.25, -0.2) is 0 Å². The zero-order valence-corrected chi connectivity index (χ0v) is 20.6. The number of halogens is 1. The van der Waals surface area contributed by atoms with Crippen molar-refractivity contribution in [3.63, 3.8) is 0 Å². The van der Waals surface area contributed by atoms with E-state index < -0.39 is 6.04 Å². The van der Waals surface area contributed by atoms with Crippen molar-refractivity contribution in [2.75, 3.05) is 32.8 Å². The first kappa shape index (κ1) is 24.8. The molecule has 0 radical (unpaired) electrons. The molecule has 186 valence electrons. The lowest BCUT2D eigenvalue weighted by molar-refractivity contribution is -0.137. The summed E-state index contributed by atoms with van der Waals surface area (Å²) in [5.74, 6) is 0.148. The summed E-state index contributed by atoms with van der Waals surface area (Å²) < 4.78 is 0. The number of hydrazone groups is 1. The lowest BCUT2D eigenvalue weighted by atomic mass is 9.94. The normalized spacial score (nSPS) is 20.6. The van der Waals surface area contributed by atoms with E-state index >= 15 is 0 Å². The summed E-state index contributed by atoms with van der Waals surface area (Å²) in [5.41, 5.74) is 6.44. The third kappa shape index (κ3) is 6.63. The molecule has 4 rings (SSSR count). The molecular weight excluding hydrogens is 452 g/mol. The average molecular weight is 489 g/mol. The lowest BCUT2D eigenvalue weighted by Gasteiger charge is -2.36. The molecule has 2 amide bonds. The van der Waals surface area contributed by atoms with E-state index in [9.17, 15) is 9.59 Å². The van der Waals surface area contributed by atoms with Gasteiger partial charge in [0.1, 0.15) is 19.0 Å². The molecule has 1 unspecified atom stereocenters. The Kier molecular flexibility index (Phi) is 8.67. The van der Waals surface area contributed by atoms with Gasteiger partial charge in [-0.05, 0) is 49.3 Å². The molecule has 8 nitrogen and oxygen atoms in total. The van der Waals surface area contributed by atoms with Gasteiger partial charge in [-0.15, -0.1) is 0 Å². The van der Waals surface area contributed by atoms with E-state index in [0.717, 1.165) is 31.6 Å². The van der Waals surface area contributed by atoms with E-state index in [-0.39, 0.29) is 18.4 Å². The number of carbonyl (C=O) groups excluding carboxylic acids is 2. The highest BCUT2D eigenvalue weighted by atomic mass is 35.5. The summed E-state index contributed by atoms with van der Waals surface area (Å²) in [7, 11) is 0. The first-order valence-electron chi connectivity index (χ1n) is 12.6. The van der Waals surface area contributed by atoms with Crippen LogP contribution in [0.25, 0.3) is 0 Å². The fraction of sp³-hybridized carbons (Fsp3) is 0.640. The van der Waals surface area contributed by atoms with E-state index in [1.54, 1.807) is 12.1 Å². The van der Waals surface area contributed by atoms with E-state index in [4.69, 9.17) is 17.3 Å². The lowest BCUT2D eigenvalue weighted by Crippen LogP contribution is -2.53. The van der Waals surface area contributed by atoms with Crippen LogP contribution in [0.1, 0.15) is 50.5 Å². The number of hydrogen-bond donors (Lipinski definition) is 2. The van der Waals surface area contributed by atoms with Crippen LogP contribution in [0.3, 0.4) is 0 Å². The molecule has 2 fully saturated rings. The van der Waals surface area contributed by atoms with Crippen molar-refractivity contribution in [1.82, 2.24) is 20.1 Å². The summed E-state index contributed by atoms with van der Waals surface area (Å²) >= 11 is 5.98.